The molecule has 0 radical (unpaired) electrons. The quantitative estimate of drug-likeness (QED) is 0.738. The van der Waals surface area contributed by atoms with E-state index in [2.05, 4.69) is 18.3 Å². The van der Waals surface area contributed by atoms with Gasteiger partial charge in [-0.25, -0.2) is 0 Å². The van der Waals surface area contributed by atoms with Crippen LogP contribution in [0.2, 0.25) is 0 Å². The number of hydrogen-bond donors (Lipinski definition) is 1. The molecule has 0 bridgehead atoms. The van der Waals surface area contributed by atoms with Gasteiger partial charge in [-0.2, -0.15) is 5.26 Å². The molecule has 0 spiro atoms. The van der Waals surface area contributed by atoms with Gasteiger partial charge in [0.25, 0.3) is 0 Å². The lowest BCUT2D eigenvalue weighted by atomic mass is 9.77. The van der Waals surface area contributed by atoms with Crippen LogP contribution in [-0.2, 0) is 0 Å². The van der Waals surface area contributed by atoms with Gasteiger partial charge in [0.15, 0.2) is 0 Å². The van der Waals surface area contributed by atoms with Gasteiger partial charge in [0, 0.05) is 6.04 Å². The minimum absolute atomic E-state index is 0.193. The first-order chi connectivity index (χ1) is 8.24. The molecule has 2 nitrogen and oxygen atoms in total. The fourth-order valence-electron chi connectivity index (χ4n) is 3.36. The molecule has 2 rings (SSSR count). The van der Waals surface area contributed by atoms with Crippen molar-refractivity contribution in [3.63, 3.8) is 0 Å². The second kappa shape index (κ2) is 5.87. The monoisotopic (exact) mass is 234 g/mol. The number of rotatable bonds is 2. The summed E-state index contributed by atoms with van der Waals surface area (Å²) in [5.41, 5.74) is -0.193. The van der Waals surface area contributed by atoms with E-state index in [1.54, 1.807) is 0 Å². The summed E-state index contributed by atoms with van der Waals surface area (Å²) in [5, 5.41) is 13.2. The zero-order chi connectivity index (χ0) is 12.1. The zero-order valence-electron chi connectivity index (χ0n) is 11.2. The van der Waals surface area contributed by atoms with Gasteiger partial charge in [-0.15, -0.1) is 0 Å². The summed E-state index contributed by atoms with van der Waals surface area (Å²) in [5.74, 6) is 0.812. The summed E-state index contributed by atoms with van der Waals surface area (Å²) in [4.78, 5) is 0. The van der Waals surface area contributed by atoms with E-state index >= 15 is 0 Å². The molecule has 2 heteroatoms. The minimum atomic E-state index is -0.193. The first kappa shape index (κ1) is 12.9. The van der Waals surface area contributed by atoms with E-state index in [1.165, 1.54) is 51.4 Å². The van der Waals surface area contributed by atoms with Crippen LogP contribution < -0.4 is 5.32 Å². The highest BCUT2D eigenvalue weighted by Crippen LogP contribution is 2.33. The maximum absolute atomic E-state index is 9.52. The number of nitrogens with zero attached hydrogens (tertiary/aromatic N) is 1. The number of nitriles is 1. The minimum Gasteiger partial charge on any atom is -0.297 e. The highest BCUT2D eigenvalue weighted by atomic mass is 15.0. The van der Waals surface area contributed by atoms with Crippen LogP contribution in [0, 0.1) is 17.2 Å². The molecule has 96 valence electrons. The highest BCUT2D eigenvalue weighted by Gasteiger charge is 2.35. The van der Waals surface area contributed by atoms with Crippen molar-refractivity contribution in [2.24, 2.45) is 5.92 Å². The molecule has 0 amide bonds. The molecule has 17 heavy (non-hydrogen) atoms. The summed E-state index contributed by atoms with van der Waals surface area (Å²) in [6.07, 6.45) is 12.6. The topological polar surface area (TPSA) is 35.8 Å². The third-order valence-corrected chi connectivity index (χ3v) is 4.68. The van der Waals surface area contributed by atoms with Gasteiger partial charge < -0.3 is 0 Å². The molecule has 0 heterocycles. The Morgan fingerprint density at radius 1 is 1.00 bits per heavy atom. The lowest BCUT2D eigenvalue weighted by molar-refractivity contribution is 0.221. The molecular weight excluding hydrogens is 208 g/mol. The SMILES string of the molecule is CC1CCC(C#N)(NC2CCCCCC2)CC1. The predicted molar refractivity (Wildman–Crippen MR) is 70.6 cm³/mol. The average Bonchev–Trinajstić information content (AvgIpc) is 2.61. The van der Waals surface area contributed by atoms with Gasteiger partial charge in [-0.05, 0) is 44.4 Å². The fourth-order valence-corrected chi connectivity index (χ4v) is 3.36. The average molecular weight is 234 g/mol. The summed E-state index contributed by atoms with van der Waals surface area (Å²) >= 11 is 0. The van der Waals surface area contributed by atoms with E-state index < -0.39 is 0 Å². The van der Waals surface area contributed by atoms with E-state index in [1.807, 2.05) is 0 Å². The van der Waals surface area contributed by atoms with Gasteiger partial charge in [-0.1, -0.05) is 32.6 Å². The smallest absolute Gasteiger partial charge is 0.107 e. The molecule has 1 N–H and O–H groups in total. The molecule has 2 aliphatic rings. The number of nitrogens with one attached hydrogen (secondary N) is 1. The van der Waals surface area contributed by atoms with Gasteiger partial charge in [-0.3, -0.25) is 5.32 Å². The Kier molecular flexibility index (Phi) is 4.45. The molecule has 0 atom stereocenters. The summed E-state index contributed by atoms with van der Waals surface area (Å²) in [7, 11) is 0. The molecule has 2 aliphatic carbocycles. The van der Waals surface area contributed by atoms with Crippen molar-refractivity contribution in [3.05, 3.63) is 0 Å². The van der Waals surface area contributed by atoms with Crippen LogP contribution in [-0.4, -0.2) is 11.6 Å². The van der Waals surface area contributed by atoms with Crippen molar-refractivity contribution in [2.45, 2.75) is 82.7 Å². The zero-order valence-corrected chi connectivity index (χ0v) is 11.2. The highest BCUT2D eigenvalue weighted by molar-refractivity contribution is 5.10. The molecule has 2 fully saturated rings. The first-order valence-electron chi connectivity index (χ1n) is 7.43. The number of hydrogen-bond acceptors (Lipinski definition) is 2. The Balaban J connectivity index is 1.92. The van der Waals surface area contributed by atoms with Crippen molar-refractivity contribution >= 4 is 0 Å². The normalized spacial score (nSPS) is 36.1. The maximum atomic E-state index is 9.52. The van der Waals surface area contributed by atoms with Crippen LogP contribution in [0.5, 0.6) is 0 Å². The van der Waals surface area contributed by atoms with E-state index in [-0.39, 0.29) is 5.54 Å². The van der Waals surface area contributed by atoms with Gasteiger partial charge in [0.1, 0.15) is 5.54 Å². The molecule has 0 unspecified atom stereocenters. The van der Waals surface area contributed by atoms with Crippen LogP contribution >= 0.6 is 0 Å². The van der Waals surface area contributed by atoms with Crippen LogP contribution in [0.3, 0.4) is 0 Å². The van der Waals surface area contributed by atoms with Crippen molar-refractivity contribution in [1.82, 2.24) is 5.32 Å². The van der Waals surface area contributed by atoms with Gasteiger partial charge in [0.05, 0.1) is 6.07 Å². The van der Waals surface area contributed by atoms with Crippen LogP contribution in [0.4, 0.5) is 0 Å². The first-order valence-corrected chi connectivity index (χ1v) is 7.43. The van der Waals surface area contributed by atoms with Crippen LogP contribution in [0.1, 0.15) is 71.1 Å². The molecule has 0 aromatic heterocycles. The lowest BCUT2D eigenvalue weighted by Crippen LogP contribution is -2.51. The fraction of sp³-hybridized carbons (Fsp3) is 0.933. The van der Waals surface area contributed by atoms with Crippen molar-refractivity contribution < 1.29 is 0 Å². The second-order valence-corrected chi connectivity index (χ2v) is 6.21. The van der Waals surface area contributed by atoms with Crippen molar-refractivity contribution in [3.8, 4) is 6.07 Å². The third-order valence-electron chi connectivity index (χ3n) is 4.68. The summed E-state index contributed by atoms with van der Waals surface area (Å²) in [6.45, 7) is 2.31. The largest absolute Gasteiger partial charge is 0.297 e. The van der Waals surface area contributed by atoms with E-state index in [9.17, 15) is 5.26 Å². The maximum Gasteiger partial charge on any atom is 0.107 e. The molecule has 0 saturated heterocycles. The summed E-state index contributed by atoms with van der Waals surface area (Å²) < 4.78 is 0. The molecule has 0 aromatic carbocycles. The molecular formula is C15H26N2. The van der Waals surface area contributed by atoms with Crippen molar-refractivity contribution in [1.29, 1.82) is 5.26 Å². The lowest BCUT2D eigenvalue weighted by Gasteiger charge is -2.37. The third kappa shape index (κ3) is 3.45. The van der Waals surface area contributed by atoms with Crippen molar-refractivity contribution in [2.75, 3.05) is 0 Å². The van der Waals surface area contributed by atoms with Gasteiger partial charge in [0.2, 0.25) is 0 Å². The van der Waals surface area contributed by atoms with Gasteiger partial charge >= 0.3 is 0 Å². The Morgan fingerprint density at radius 2 is 1.59 bits per heavy atom. The standard InChI is InChI=1S/C15H26N2/c1-13-8-10-15(12-16,11-9-13)17-14-6-4-2-3-5-7-14/h13-14,17H,2-11H2,1H3. The molecule has 2 saturated carbocycles. The Bertz CT molecular complexity index is 263. The Morgan fingerprint density at radius 3 is 2.12 bits per heavy atom. The Labute approximate surface area is 106 Å². The van der Waals surface area contributed by atoms with Crippen LogP contribution in [0.15, 0.2) is 0 Å². The molecule has 0 aliphatic heterocycles. The van der Waals surface area contributed by atoms with E-state index in [4.69, 9.17) is 0 Å². The second-order valence-electron chi connectivity index (χ2n) is 6.21. The van der Waals surface area contributed by atoms with E-state index in [0.29, 0.717) is 6.04 Å². The van der Waals surface area contributed by atoms with E-state index in [0.717, 1.165) is 18.8 Å². The summed E-state index contributed by atoms with van der Waals surface area (Å²) in [6, 6.07) is 3.20. The Hall–Kier alpha value is -0.550. The predicted octanol–water partition coefficient (Wildman–Crippen LogP) is 3.77. The molecule has 0 aromatic rings. The van der Waals surface area contributed by atoms with Crippen LogP contribution in [0.25, 0.3) is 0 Å².